The van der Waals surface area contributed by atoms with Crippen molar-refractivity contribution in [2.45, 2.75) is 39.5 Å². The number of rotatable bonds is 2. The number of hydrogen-bond acceptors (Lipinski definition) is 0. The Morgan fingerprint density at radius 3 is 2.00 bits per heavy atom. The third-order valence-electron chi connectivity index (χ3n) is 4.73. The predicted octanol–water partition coefficient (Wildman–Crippen LogP) is 4.01. The minimum absolute atomic E-state index is 0.439. The third-order valence-corrected chi connectivity index (χ3v) is 4.73. The summed E-state index contributed by atoms with van der Waals surface area (Å²) in [5.41, 5.74) is 2.44. The average molecular weight is 188 g/mol. The summed E-state index contributed by atoms with van der Waals surface area (Å²) < 4.78 is 0. The van der Waals surface area contributed by atoms with Crippen LogP contribution in [-0.4, -0.2) is 0 Å². The van der Waals surface area contributed by atoms with Gasteiger partial charge in [0.05, 0.1) is 0 Å². The highest BCUT2D eigenvalue weighted by molar-refractivity contribution is 5.39. The first-order valence-corrected chi connectivity index (χ1v) is 5.63. The molecule has 1 fully saturated rings. The molecule has 1 aromatic carbocycles. The molecule has 0 amide bonds. The van der Waals surface area contributed by atoms with E-state index in [0.29, 0.717) is 10.8 Å². The van der Waals surface area contributed by atoms with Crippen LogP contribution in [0.1, 0.15) is 39.7 Å². The Hall–Kier alpha value is -0.780. The maximum absolute atomic E-state index is 2.40. The van der Waals surface area contributed by atoms with Crippen LogP contribution in [0.5, 0.6) is 0 Å². The molecular weight excluding hydrogens is 168 g/mol. The Kier molecular flexibility index (Phi) is 1.99. The average Bonchev–Trinajstić information content (AvgIpc) is 2.64. The van der Waals surface area contributed by atoms with Crippen molar-refractivity contribution in [1.29, 1.82) is 0 Å². The fourth-order valence-corrected chi connectivity index (χ4v) is 3.45. The van der Waals surface area contributed by atoms with Crippen LogP contribution in [0.15, 0.2) is 30.3 Å². The largest absolute Gasteiger partial charge is 0.0645 e. The van der Waals surface area contributed by atoms with Crippen molar-refractivity contribution in [2.24, 2.45) is 11.3 Å². The maximum atomic E-state index is 2.40. The standard InChI is InChI=1S/C14H20/c1-5-14(11(2)13(14,3)4)12-9-7-6-8-10-12/h6-11H,5H2,1-4H3. The predicted molar refractivity (Wildman–Crippen MR) is 61.4 cm³/mol. The number of hydrogen-bond donors (Lipinski definition) is 0. The molecular formula is C14H20. The van der Waals surface area contributed by atoms with Gasteiger partial charge in [-0.1, -0.05) is 58.0 Å². The van der Waals surface area contributed by atoms with E-state index in [1.165, 1.54) is 12.0 Å². The normalized spacial score (nSPS) is 34.1. The van der Waals surface area contributed by atoms with E-state index in [-0.39, 0.29) is 0 Å². The molecule has 1 aromatic rings. The van der Waals surface area contributed by atoms with Gasteiger partial charge in [0.25, 0.3) is 0 Å². The lowest BCUT2D eigenvalue weighted by atomic mass is 9.85. The van der Waals surface area contributed by atoms with Crippen molar-refractivity contribution in [3.8, 4) is 0 Å². The van der Waals surface area contributed by atoms with Crippen LogP contribution in [0.2, 0.25) is 0 Å². The first-order chi connectivity index (χ1) is 6.57. The second kappa shape index (κ2) is 2.85. The summed E-state index contributed by atoms with van der Waals surface area (Å²) in [6.45, 7) is 9.50. The molecule has 2 unspecified atom stereocenters. The maximum Gasteiger partial charge on any atom is 0.00353 e. The van der Waals surface area contributed by atoms with Crippen LogP contribution in [-0.2, 0) is 5.41 Å². The van der Waals surface area contributed by atoms with Crippen LogP contribution >= 0.6 is 0 Å². The molecule has 0 bridgehead atoms. The highest BCUT2D eigenvalue weighted by atomic mass is 14.7. The van der Waals surface area contributed by atoms with Gasteiger partial charge in [-0.25, -0.2) is 0 Å². The molecule has 0 saturated heterocycles. The molecule has 0 heteroatoms. The van der Waals surface area contributed by atoms with Crippen LogP contribution in [0.4, 0.5) is 0 Å². The zero-order chi connectivity index (χ0) is 10.4. The summed E-state index contributed by atoms with van der Waals surface area (Å²) in [6, 6.07) is 11.0. The van der Waals surface area contributed by atoms with Gasteiger partial charge in [0.1, 0.15) is 0 Å². The third kappa shape index (κ3) is 0.945. The van der Waals surface area contributed by atoms with Gasteiger partial charge >= 0.3 is 0 Å². The molecule has 2 rings (SSSR count). The van der Waals surface area contributed by atoms with Gasteiger partial charge in [-0.05, 0) is 23.3 Å². The minimum Gasteiger partial charge on any atom is -0.0645 e. The van der Waals surface area contributed by atoms with Gasteiger partial charge in [0, 0.05) is 5.41 Å². The molecule has 0 heterocycles. The van der Waals surface area contributed by atoms with E-state index < -0.39 is 0 Å². The summed E-state index contributed by atoms with van der Waals surface area (Å²) in [5, 5.41) is 0. The van der Waals surface area contributed by atoms with Crippen LogP contribution in [0.3, 0.4) is 0 Å². The highest BCUT2D eigenvalue weighted by Crippen LogP contribution is 2.70. The molecule has 0 N–H and O–H groups in total. The lowest BCUT2D eigenvalue weighted by Gasteiger charge is -2.19. The van der Waals surface area contributed by atoms with Crippen molar-refractivity contribution < 1.29 is 0 Å². The molecule has 1 aliphatic rings. The molecule has 0 aromatic heterocycles. The lowest BCUT2D eigenvalue weighted by molar-refractivity contribution is 0.482. The lowest BCUT2D eigenvalue weighted by Crippen LogP contribution is -2.13. The van der Waals surface area contributed by atoms with Crippen molar-refractivity contribution in [2.75, 3.05) is 0 Å². The van der Waals surface area contributed by atoms with Crippen LogP contribution in [0, 0.1) is 11.3 Å². The minimum atomic E-state index is 0.439. The molecule has 1 saturated carbocycles. The van der Waals surface area contributed by atoms with Crippen molar-refractivity contribution in [3.05, 3.63) is 35.9 Å². The molecule has 2 atom stereocenters. The Bertz CT molecular complexity index is 323. The first-order valence-electron chi connectivity index (χ1n) is 5.63. The number of benzene rings is 1. The van der Waals surface area contributed by atoms with E-state index in [4.69, 9.17) is 0 Å². The van der Waals surface area contributed by atoms with Gasteiger partial charge in [-0.3, -0.25) is 0 Å². The fraction of sp³-hybridized carbons (Fsp3) is 0.571. The van der Waals surface area contributed by atoms with Gasteiger partial charge in [-0.2, -0.15) is 0 Å². The van der Waals surface area contributed by atoms with E-state index in [1.807, 2.05) is 0 Å². The zero-order valence-corrected chi connectivity index (χ0v) is 9.67. The van der Waals surface area contributed by atoms with E-state index in [1.54, 1.807) is 0 Å². The van der Waals surface area contributed by atoms with Crippen molar-refractivity contribution in [3.63, 3.8) is 0 Å². The Balaban J connectivity index is 2.43. The molecule has 0 spiro atoms. The van der Waals surface area contributed by atoms with Crippen LogP contribution in [0.25, 0.3) is 0 Å². The monoisotopic (exact) mass is 188 g/mol. The molecule has 14 heavy (non-hydrogen) atoms. The Morgan fingerprint density at radius 2 is 1.64 bits per heavy atom. The Labute approximate surface area is 87.3 Å². The SMILES string of the molecule is CCC1(c2ccccc2)C(C)C1(C)C. The second-order valence-corrected chi connectivity index (χ2v) is 5.13. The first kappa shape index (κ1) is 9.76. The van der Waals surface area contributed by atoms with E-state index >= 15 is 0 Å². The topological polar surface area (TPSA) is 0 Å². The smallest absolute Gasteiger partial charge is 0.00353 e. The summed E-state index contributed by atoms with van der Waals surface area (Å²) in [6.07, 6.45) is 1.26. The molecule has 0 nitrogen and oxygen atoms in total. The molecule has 76 valence electrons. The van der Waals surface area contributed by atoms with Crippen molar-refractivity contribution in [1.82, 2.24) is 0 Å². The summed E-state index contributed by atoms with van der Waals surface area (Å²) in [7, 11) is 0. The summed E-state index contributed by atoms with van der Waals surface area (Å²) in [4.78, 5) is 0. The highest BCUT2D eigenvalue weighted by Gasteiger charge is 2.67. The van der Waals surface area contributed by atoms with Gasteiger partial charge in [0.15, 0.2) is 0 Å². The van der Waals surface area contributed by atoms with E-state index in [9.17, 15) is 0 Å². The Morgan fingerprint density at radius 1 is 1.14 bits per heavy atom. The van der Waals surface area contributed by atoms with Gasteiger partial charge in [-0.15, -0.1) is 0 Å². The van der Waals surface area contributed by atoms with E-state index in [0.717, 1.165) is 5.92 Å². The fourth-order valence-electron chi connectivity index (χ4n) is 3.45. The molecule has 0 aliphatic heterocycles. The van der Waals surface area contributed by atoms with Gasteiger partial charge < -0.3 is 0 Å². The van der Waals surface area contributed by atoms with Crippen LogP contribution < -0.4 is 0 Å². The zero-order valence-electron chi connectivity index (χ0n) is 9.67. The molecule has 0 radical (unpaired) electrons. The summed E-state index contributed by atoms with van der Waals surface area (Å²) in [5.74, 6) is 0.808. The molecule has 1 aliphatic carbocycles. The van der Waals surface area contributed by atoms with Crippen molar-refractivity contribution >= 4 is 0 Å². The summed E-state index contributed by atoms with van der Waals surface area (Å²) >= 11 is 0. The van der Waals surface area contributed by atoms with Gasteiger partial charge in [0.2, 0.25) is 0 Å². The quantitative estimate of drug-likeness (QED) is 0.658. The van der Waals surface area contributed by atoms with E-state index in [2.05, 4.69) is 58.0 Å². The second-order valence-electron chi connectivity index (χ2n) is 5.13.